The molecule has 1 aliphatic rings. The minimum Gasteiger partial charge on any atom is -0.373 e. The molecule has 1 saturated heterocycles. The van der Waals surface area contributed by atoms with Crippen LogP contribution in [0.15, 0.2) is 0 Å². The van der Waals surface area contributed by atoms with Gasteiger partial charge in [0.1, 0.15) is 6.10 Å². The van der Waals surface area contributed by atoms with Crippen molar-refractivity contribution >= 4 is 5.91 Å². The van der Waals surface area contributed by atoms with Crippen molar-refractivity contribution in [2.24, 2.45) is 5.92 Å². The third-order valence-electron chi connectivity index (χ3n) is 3.65. The van der Waals surface area contributed by atoms with Gasteiger partial charge in [-0.25, -0.2) is 0 Å². The maximum atomic E-state index is 11.9. The molecule has 1 amide bonds. The van der Waals surface area contributed by atoms with E-state index in [-0.39, 0.29) is 24.2 Å². The highest BCUT2D eigenvalue weighted by Crippen LogP contribution is 2.09. The molecule has 3 atom stereocenters. The van der Waals surface area contributed by atoms with Gasteiger partial charge in [-0.1, -0.05) is 13.8 Å². The Morgan fingerprint density at radius 3 is 2.48 bits per heavy atom. The van der Waals surface area contributed by atoms with E-state index in [0.717, 1.165) is 26.1 Å². The van der Waals surface area contributed by atoms with Crippen molar-refractivity contribution in [1.82, 2.24) is 10.2 Å². The Morgan fingerprint density at radius 1 is 1.29 bits per heavy atom. The molecule has 5 nitrogen and oxygen atoms in total. The molecule has 3 unspecified atom stereocenters. The summed E-state index contributed by atoms with van der Waals surface area (Å²) in [5.74, 6) is 0.582. The monoisotopic (exact) mass is 300 g/mol. The fraction of sp³-hybridized carbons (Fsp3) is 0.938. The topological polar surface area (TPSA) is 50.8 Å². The van der Waals surface area contributed by atoms with Crippen LogP contribution in [0.1, 0.15) is 41.0 Å². The van der Waals surface area contributed by atoms with E-state index in [1.165, 1.54) is 0 Å². The average molecular weight is 300 g/mol. The van der Waals surface area contributed by atoms with Crippen molar-refractivity contribution in [3.05, 3.63) is 0 Å². The lowest BCUT2D eigenvalue weighted by molar-refractivity contribution is -0.132. The standard InChI is InChI=1S/C16H32N2O3/c1-12(2)6-9-20-15(5)16(19)17-7-8-18-10-13(3)21-14(4)11-18/h12-15H,6-11H2,1-5H3,(H,17,19). The van der Waals surface area contributed by atoms with Gasteiger partial charge in [0.15, 0.2) is 0 Å². The zero-order valence-corrected chi connectivity index (χ0v) is 14.2. The number of ether oxygens (including phenoxy) is 2. The van der Waals surface area contributed by atoms with Crippen molar-refractivity contribution in [3.63, 3.8) is 0 Å². The van der Waals surface area contributed by atoms with E-state index in [0.29, 0.717) is 19.1 Å². The molecule has 1 N–H and O–H groups in total. The second kappa shape index (κ2) is 9.38. The quantitative estimate of drug-likeness (QED) is 0.741. The first kappa shape index (κ1) is 18.4. The van der Waals surface area contributed by atoms with Crippen LogP contribution >= 0.6 is 0 Å². The second-order valence-electron chi connectivity index (χ2n) is 6.50. The predicted octanol–water partition coefficient (Wildman–Crippen LogP) is 1.66. The van der Waals surface area contributed by atoms with Gasteiger partial charge >= 0.3 is 0 Å². The number of amides is 1. The molecule has 0 spiro atoms. The van der Waals surface area contributed by atoms with Crippen molar-refractivity contribution in [2.75, 3.05) is 32.8 Å². The molecular weight excluding hydrogens is 268 g/mol. The van der Waals surface area contributed by atoms with Gasteiger partial charge in [-0.15, -0.1) is 0 Å². The molecule has 0 aromatic heterocycles. The Labute approximate surface area is 129 Å². The molecule has 1 aliphatic heterocycles. The summed E-state index contributed by atoms with van der Waals surface area (Å²) >= 11 is 0. The Kier molecular flexibility index (Phi) is 8.22. The van der Waals surface area contributed by atoms with Crippen LogP contribution in [0.25, 0.3) is 0 Å². The number of morpholine rings is 1. The summed E-state index contributed by atoms with van der Waals surface area (Å²) in [4.78, 5) is 14.2. The second-order valence-corrected chi connectivity index (χ2v) is 6.50. The Balaban J connectivity index is 2.14. The molecule has 5 heteroatoms. The van der Waals surface area contributed by atoms with Gasteiger partial charge < -0.3 is 14.8 Å². The number of rotatable bonds is 8. The average Bonchev–Trinajstić information content (AvgIpc) is 2.36. The molecular formula is C16H32N2O3. The Hall–Kier alpha value is -0.650. The van der Waals surface area contributed by atoms with Crippen LogP contribution in [-0.2, 0) is 14.3 Å². The summed E-state index contributed by atoms with van der Waals surface area (Å²) in [6.07, 6.45) is 1.15. The smallest absolute Gasteiger partial charge is 0.248 e. The van der Waals surface area contributed by atoms with Crippen molar-refractivity contribution < 1.29 is 14.3 Å². The van der Waals surface area contributed by atoms with E-state index < -0.39 is 0 Å². The third kappa shape index (κ3) is 7.79. The molecule has 0 radical (unpaired) electrons. The van der Waals surface area contributed by atoms with Crippen molar-refractivity contribution in [1.29, 1.82) is 0 Å². The van der Waals surface area contributed by atoms with Gasteiger partial charge in [0.2, 0.25) is 5.91 Å². The first-order valence-electron chi connectivity index (χ1n) is 8.15. The van der Waals surface area contributed by atoms with Crippen LogP contribution < -0.4 is 5.32 Å². The SMILES string of the molecule is CC(C)CCOC(C)C(=O)NCCN1CC(C)OC(C)C1. The number of carbonyl (C=O) groups is 1. The first-order valence-corrected chi connectivity index (χ1v) is 8.15. The third-order valence-corrected chi connectivity index (χ3v) is 3.65. The fourth-order valence-electron chi connectivity index (χ4n) is 2.50. The largest absolute Gasteiger partial charge is 0.373 e. The summed E-state index contributed by atoms with van der Waals surface area (Å²) in [7, 11) is 0. The maximum Gasteiger partial charge on any atom is 0.248 e. The normalized spacial score (nSPS) is 25.0. The highest BCUT2D eigenvalue weighted by Gasteiger charge is 2.22. The van der Waals surface area contributed by atoms with Crippen LogP contribution in [0.4, 0.5) is 0 Å². The van der Waals surface area contributed by atoms with Gasteiger partial charge in [-0.3, -0.25) is 9.69 Å². The summed E-state index contributed by atoms with van der Waals surface area (Å²) in [5, 5.41) is 2.95. The van der Waals surface area contributed by atoms with E-state index in [1.807, 2.05) is 6.92 Å². The Bertz CT molecular complexity index is 300. The highest BCUT2D eigenvalue weighted by atomic mass is 16.5. The van der Waals surface area contributed by atoms with E-state index >= 15 is 0 Å². The summed E-state index contributed by atoms with van der Waals surface area (Å²) < 4.78 is 11.2. The molecule has 0 aliphatic carbocycles. The number of carbonyl (C=O) groups excluding carboxylic acids is 1. The maximum absolute atomic E-state index is 11.9. The van der Waals surface area contributed by atoms with E-state index in [9.17, 15) is 4.79 Å². The minimum absolute atomic E-state index is 0.0203. The van der Waals surface area contributed by atoms with Crippen LogP contribution in [0, 0.1) is 5.92 Å². The number of hydrogen-bond acceptors (Lipinski definition) is 4. The van der Waals surface area contributed by atoms with Crippen molar-refractivity contribution in [3.8, 4) is 0 Å². The van der Waals surface area contributed by atoms with E-state index in [2.05, 4.69) is 37.9 Å². The van der Waals surface area contributed by atoms with Gasteiger partial charge in [0, 0.05) is 32.8 Å². The zero-order chi connectivity index (χ0) is 15.8. The van der Waals surface area contributed by atoms with Gasteiger partial charge in [0.25, 0.3) is 0 Å². The molecule has 21 heavy (non-hydrogen) atoms. The van der Waals surface area contributed by atoms with Gasteiger partial charge in [-0.05, 0) is 33.1 Å². The fourth-order valence-corrected chi connectivity index (χ4v) is 2.50. The molecule has 0 aromatic rings. The highest BCUT2D eigenvalue weighted by molar-refractivity contribution is 5.80. The molecule has 1 heterocycles. The predicted molar refractivity (Wildman–Crippen MR) is 84.3 cm³/mol. The van der Waals surface area contributed by atoms with Crippen LogP contribution in [-0.4, -0.2) is 61.9 Å². The van der Waals surface area contributed by atoms with Crippen LogP contribution in [0.3, 0.4) is 0 Å². The van der Waals surface area contributed by atoms with E-state index in [1.54, 1.807) is 0 Å². The lowest BCUT2D eigenvalue weighted by Gasteiger charge is -2.35. The summed E-state index contributed by atoms with van der Waals surface area (Å²) in [6, 6.07) is 0. The zero-order valence-electron chi connectivity index (χ0n) is 14.2. The first-order chi connectivity index (χ1) is 9.88. The lowest BCUT2D eigenvalue weighted by atomic mass is 10.1. The van der Waals surface area contributed by atoms with Crippen molar-refractivity contribution in [2.45, 2.75) is 59.4 Å². The van der Waals surface area contributed by atoms with Gasteiger partial charge in [0.05, 0.1) is 12.2 Å². The van der Waals surface area contributed by atoms with Gasteiger partial charge in [-0.2, -0.15) is 0 Å². The number of hydrogen-bond donors (Lipinski definition) is 1. The number of nitrogens with zero attached hydrogens (tertiary/aromatic N) is 1. The molecule has 0 saturated carbocycles. The molecule has 0 bridgehead atoms. The van der Waals surface area contributed by atoms with E-state index in [4.69, 9.17) is 9.47 Å². The summed E-state index contributed by atoms with van der Waals surface area (Å²) in [5.41, 5.74) is 0. The summed E-state index contributed by atoms with van der Waals surface area (Å²) in [6.45, 7) is 14.3. The Morgan fingerprint density at radius 2 is 1.90 bits per heavy atom. The molecule has 1 fully saturated rings. The van der Waals surface area contributed by atoms with Crippen LogP contribution in [0.5, 0.6) is 0 Å². The lowest BCUT2D eigenvalue weighted by Crippen LogP contribution is -2.48. The van der Waals surface area contributed by atoms with Crippen LogP contribution in [0.2, 0.25) is 0 Å². The number of nitrogens with one attached hydrogen (secondary N) is 1. The molecule has 0 aromatic carbocycles. The molecule has 124 valence electrons. The minimum atomic E-state index is -0.369. The molecule has 1 rings (SSSR count).